The summed E-state index contributed by atoms with van der Waals surface area (Å²) in [6, 6.07) is 5.24. The molecule has 0 saturated carbocycles. The van der Waals surface area contributed by atoms with E-state index in [0.29, 0.717) is 42.9 Å². The summed E-state index contributed by atoms with van der Waals surface area (Å²) in [4.78, 5) is 42.9. The Morgan fingerprint density at radius 1 is 1.15 bits per heavy atom. The topological polar surface area (TPSA) is 119 Å². The largest absolute Gasteiger partial charge is 0.494 e. The highest BCUT2D eigenvalue weighted by Crippen LogP contribution is 2.34. The molecule has 4 aromatic rings. The molecule has 2 amide bonds. The smallest absolute Gasteiger partial charge is 0.408 e. The zero-order valence-corrected chi connectivity index (χ0v) is 23.3. The van der Waals surface area contributed by atoms with Crippen LogP contribution in [0.1, 0.15) is 50.9 Å². The van der Waals surface area contributed by atoms with Crippen LogP contribution >= 0.6 is 0 Å². The summed E-state index contributed by atoms with van der Waals surface area (Å²) in [5, 5.41) is 9.88. The van der Waals surface area contributed by atoms with Gasteiger partial charge in [0.15, 0.2) is 11.5 Å². The molecule has 1 N–H and O–H groups in total. The summed E-state index contributed by atoms with van der Waals surface area (Å²) in [5.41, 5.74) is 3.76. The number of hydrogen-bond acceptors (Lipinski definition) is 6. The second-order valence-electron chi connectivity index (χ2n) is 11.0. The van der Waals surface area contributed by atoms with Gasteiger partial charge in [0.1, 0.15) is 16.8 Å². The first kappa shape index (κ1) is 26.5. The summed E-state index contributed by atoms with van der Waals surface area (Å²) in [6.07, 6.45) is 3.82. The SMILES string of the molecule is CCn1c(-c2nc3cc(C(=O)N4CCCC(N(C(=O)O)C(C)(C)C)C4)cc(OC)c3n2C)cc2nccnc21. The highest BCUT2D eigenvalue weighted by molar-refractivity contribution is 6.00. The van der Waals surface area contributed by atoms with Crippen molar-refractivity contribution in [1.82, 2.24) is 33.9 Å². The van der Waals surface area contributed by atoms with Gasteiger partial charge in [-0.05, 0) is 58.7 Å². The molecular weight excluding hydrogens is 498 g/mol. The molecular formula is C28H35N7O4. The molecule has 1 atom stereocenters. The number of imidazole rings is 1. The molecule has 11 nitrogen and oxygen atoms in total. The number of methoxy groups -OCH3 is 1. The van der Waals surface area contributed by atoms with Gasteiger partial charge in [-0.1, -0.05) is 0 Å². The van der Waals surface area contributed by atoms with Crippen molar-refractivity contribution in [2.24, 2.45) is 7.05 Å². The normalized spacial score (nSPS) is 16.2. The number of carbonyl (C=O) groups is 2. The highest BCUT2D eigenvalue weighted by atomic mass is 16.5. The highest BCUT2D eigenvalue weighted by Gasteiger charge is 2.37. The van der Waals surface area contributed by atoms with Crippen molar-refractivity contribution >= 4 is 34.2 Å². The van der Waals surface area contributed by atoms with Crippen LogP contribution in [0.3, 0.4) is 0 Å². The van der Waals surface area contributed by atoms with E-state index in [1.807, 2.05) is 38.5 Å². The zero-order valence-electron chi connectivity index (χ0n) is 23.3. The molecule has 39 heavy (non-hydrogen) atoms. The number of aromatic nitrogens is 5. The van der Waals surface area contributed by atoms with Crippen LogP contribution in [0.25, 0.3) is 33.7 Å². The van der Waals surface area contributed by atoms with E-state index in [4.69, 9.17) is 9.72 Å². The number of fused-ring (bicyclic) bond motifs is 2. The fraction of sp³-hybridized carbons (Fsp3) is 0.464. The van der Waals surface area contributed by atoms with Crippen molar-refractivity contribution in [2.45, 2.75) is 58.7 Å². The molecule has 0 bridgehead atoms. The molecule has 0 aliphatic carbocycles. The van der Waals surface area contributed by atoms with Gasteiger partial charge in [0.25, 0.3) is 5.91 Å². The first-order valence-electron chi connectivity index (χ1n) is 13.2. The average Bonchev–Trinajstić information content (AvgIpc) is 3.43. The molecule has 5 rings (SSSR count). The van der Waals surface area contributed by atoms with E-state index in [0.717, 1.165) is 34.6 Å². The van der Waals surface area contributed by atoms with Crippen LogP contribution in [0.15, 0.2) is 30.6 Å². The van der Waals surface area contributed by atoms with Gasteiger partial charge in [0.2, 0.25) is 0 Å². The summed E-state index contributed by atoms with van der Waals surface area (Å²) in [6.45, 7) is 9.29. The van der Waals surface area contributed by atoms with Gasteiger partial charge in [0.05, 0.1) is 24.4 Å². The lowest BCUT2D eigenvalue weighted by atomic mass is 9.97. The second kappa shape index (κ2) is 9.87. The van der Waals surface area contributed by atoms with Gasteiger partial charge in [-0.15, -0.1) is 0 Å². The molecule has 3 aromatic heterocycles. The van der Waals surface area contributed by atoms with Crippen molar-refractivity contribution in [2.75, 3.05) is 20.2 Å². The van der Waals surface area contributed by atoms with Gasteiger partial charge in [-0.3, -0.25) is 14.7 Å². The number of piperidine rings is 1. The molecule has 1 unspecified atom stereocenters. The number of hydrogen-bond donors (Lipinski definition) is 1. The third-order valence-electron chi connectivity index (χ3n) is 7.45. The van der Waals surface area contributed by atoms with Crippen LogP contribution in [0.5, 0.6) is 5.75 Å². The Kier molecular flexibility index (Phi) is 6.69. The quantitative estimate of drug-likeness (QED) is 0.404. The predicted molar refractivity (Wildman–Crippen MR) is 148 cm³/mol. The fourth-order valence-electron chi connectivity index (χ4n) is 5.82. The maximum Gasteiger partial charge on any atom is 0.408 e. The van der Waals surface area contributed by atoms with Crippen molar-refractivity contribution in [3.63, 3.8) is 0 Å². The Balaban J connectivity index is 1.53. The van der Waals surface area contributed by atoms with Crippen molar-refractivity contribution in [3.8, 4) is 17.3 Å². The Morgan fingerprint density at radius 3 is 2.56 bits per heavy atom. The van der Waals surface area contributed by atoms with Crippen LogP contribution in [0.4, 0.5) is 4.79 Å². The third-order valence-corrected chi connectivity index (χ3v) is 7.45. The van der Waals surface area contributed by atoms with E-state index in [2.05, 4.69) is 21.5 Å². The number of amides is 2. The lowest BCUT2D eigenvalue weighted by molar-refractivity contribution is 0.0315. The molecule has 1 aliphatic heterocycles. The number of nitrogens with zero attached hydrogens (tertiary/aromatic N) is 7. The number of likely N-dealkylation sites (tertiary alicyclic amines) is 1. The number of ether oxygens (including phenoxy) is 1. The van der Waals surface area contributed by atoms with Crippen LogP contribution < -0.4 is 4.74 Å². The van der Waals surface area contributed by atoms with Gasteiger partial charge in [-0.2, -0.15) is 0 Å². The zero-order chi connectivity index (χ0) is 28.1. The van der Waals surface area contributed by atoms with Crippen LogP contribution in [0.2, 0.25) is 0 Å². The van der Waals surface area contributed by atoms with Gasteiger partial charge in [0, 0.05) is 50.2 Å². The monoisotopic (exact) mass is 533 g/mol. The predicted octanol–water partition coefficient (Wildman–Crippen LogP) is 4.40. The second-order valence-corrected chi connectivity index (χ2v) is 11.0. The maximum atomic E-state index is 13.7. The Hall–Kier alpha value is -4.15. The molecule has 4 heterocycles. The number of rotatable bonds is 5. The Morgan fingerprint density at radius 2 is 1.90 bits per heavy atom. The van der Waals surface area contributed by atoms with Crippen molar-refractivity contribution in [1.29, 1.82) is 0 Å². The Bertz CT molecular complexity index is 1570. The fourth-order valence-corrected chi connectivity index (χ4v) is 5.82. The van der Waals surface area contributed by atoms with E-state index < -0.39 is 11.6 Å². The lowest BCUT2D eigenvalue weighted by Gasteiger charge is -2.44. The summed E-state index contributed by atoms with van der Waals surface area (Å²) >= 11 is 0. The van der Waals surface area contributed by atoms with E-state index >= 15 is 0 Å². The summed E-state index contributed by atoms with van der Waals surface area (Å²) < 4.78 is 9.77. The Labute approximate surface area is 227 Å². The van der Waals surface area contributed by atoms with E-state index in [-0.39, 0.29) is 11.9 Å². The van der Waals surface area contributed by atoms with E-state index in [1.54, 1.807) is 36.5 Å². The minimum atomic E-state index is -0.971. The minimum Gasteiger partial charge on any atom is -0.494 e. The molecule has 206 valence electrons. The summed E-state index contributed by atoms with van der Waals surface area (Å²) in [7, 11) is 3.51. The number of carboxylic acid groups (broad SMARTS) is 1. The molecule has 0 spiro atoms. The molecule has 1 aromatic carbocycles. The van der Waals surface area contributed by atoms with Crippen LogP contribution in [-0.2, 0) is 13.6 Å². The number of benzene rings is 1. The summed E-state index contributed by atoms with van der Waals surface area (Å²) in [5.74, 6) is 1.10. The first-order valence-corrected chi connectivity index (χ1v) is 13.2. The van der Waals surface area contributed by atoms with Crippen LogP contribution in [-0.4, -0.2) is 82.8 Å². The van der Waals surface area contributed by atoms with Gasteiger partial charge in [-0.25, -0.2) is 14.8 Å². The van der Waals surface area contributed by atoms with Crippen LogP contribution in [0, 0.1) is 0 Å². The molecule has 1 fully saturated rings. The number of aryl methyl sites for hydroxylation is 2. The maximum absolute atomic E-state index is 13.7. The number of carbonyl (C=O) groups excluding carboxylic acids is 1. The molecule has 1 saturated heterocycles. The average molecular weight is 534 g/mol. The standard InChI is InChI=1S/C28H35N7O4/c1-7-34-21(15-20-24(34)30-11-10-29-20)25-31-19-13-17(14-22(39-6)23(19)32(25)5)26(36)33-12-8-9-18(16-33)35(27(37)38)28(2,3)4/h10-11,13-15,18H,7-9,12,16H2,1-6H3,(H,37,38). The minimum absolute atomic E-state index is 0.164. The third kappa shape index (κ3) is 4.55. The van der Waals surface area contributed by atoms with Crippen molar-refractivity contribution in [3.05, 3.63) is 36.2 Å². The molecule has 11 heteroatoms. The van der Waals surface area contributed by atoms with Gasteiger partial charge < -0.3 is 23.9 Å². The van der Waals surface area contributed by atoms with Crippen molar-refractivity contribution < 1.29 is 19.4 Å². The van der Waals surface area contributed by atoms with Gasteiger partial charge >= 0.3 is 6.09 Å². The van der Waals surface area contributed by atoms with E-state index in [9.17, 15) is 14.7 Å². The first-order chi connectivity index (χ1) is 18.5. The van der Waals surface area contributed by atoms with E-state index in [1.165, 1.54) is 4.90 Å². The molecule has 0 radical (unpaired) electrons. The molecule has 1 aliphatic rings. The lowest BCUT2D eigenvalue weighted by Crippen LogP contribution is -2.57.